The summed E-state index contributed by atoms with van der Waals surface area (Å²) in [6.07, 6.45) is 0.605. The second kappa shape index (κ2) is 7.36. The number of para-hydroxylation sites is 1. The van der Waals surface area contributed by atoms with E-state index >= 15 is 0 Å². The van der Waals surface area contributed by atoms with Crippen LogP contribution in [0.4, 0.5) is 0 Å². The Hall–Kier alpha value is -3.72. The Labute approximate surface area is 168 Å². The maximum absolute atomic E-state index is 13.3. The van der Waals surface area contributed by atoms with Crippen LogP contribution in [0.2, 0.25) is 0 Å². The first kappa shape index (κ1) is 17.4. The van der Waals surface area contributed by atoms with Crippen molar-refractivity contribution in [1.29, 1.82) is 0 Å². The maximum Gasteiger partial charge on any atom is 0.261 e. The first-order valence-electron chi connectivity index (χ1n) is 9.78. The minimum atomic E-state index is 0.00897. The van der Waals surface area contributed by atoms with E-state index < -0.39 is 0 Å². The molecule has 3 heteroatoms. The topological polar surface area (TPSA) is 34.9 Å². The summed E-state index contributed by atoms with van der Waals surface area (Å²) in [4.78, 5) is 18.2. The van der Waals surface area contributed by atoms with Crippen molar-refractivity contribution in [1.82, 2.24) is 9.55 Å². The van der Waals surface area contributed by atoms with Crippen molar-refractivity contribution in [2.45, 2.75) is 13.0 Å². The van der Waals surface area contributed by atoms with Crippen molar-refractivity contribution in [3.05, 3.63) is 124 Å². The highest BCUT2D eigenvalue weighted by molar-refractivity contribution is 5.86. The molecule has 140 valence electrons. The van der Waals surface area contributed by atoms with Crippen molar-refractivity contribution in [3.63, 3.8) is 0 Å². The lowest BCUT2D eigenvalue weighted by Crippen LogP contribution is -2.26. The molecule has 4 aromatic carbocycles. The average molecular weight is 376 g/mol. The number of aromatic nitrogens is 2. The Bertz CT molecular complexity index is 1370. The molecule has 0 unspecified atom stereocenters. The quantitative estimate of drug-likeness (QED) is 0.433. The molecule has 5 aromatic rings. The van der Waals surface area contributed by atoms with E-state index in [1.54, 1.807) is 0 Å². The molecule has 0 atom stereocenters. The standard InChI is InChI=1S/C26H20N2O/c29-26-23-15-6-7-16-24(23)27-25(28(26)18-19-9-2-1-3-10-19)17-21-13-8-12-20-11-4-5-14-22(20)21/h1-16H,17-18H2. The number of fused-ring (bicyclic) bond motifs is 2. The van der Waals surface area contributed by atoms with Crippen molar-refractivity contribution in [2.75, 3.05) is 0 Å². The Morgan fingerprint density at radius 2 is 1.38 bits per heavy atom. The number of rotatable bonds is 4. The van der Waals surface area contributed by atoms with Gasteiger partial charge in [0, 0.05) is 6.42 Å². The average Bonchev–Trinajstić information content (AvgIpc) is 2.77. The predicted molar refractivity (Wildman–Crippen MR) is 118 cm³/mol. The number of hydrogen-bond acceptors (Lipinski definition) is 2. The molecular weight excluding hydrogens is 356 g/mol. The lowest BCUT2D eigenvalue weighted by atomic mass is 10.0. The Kier molecular flexibility index (Phi) is 4.41. The third-order valence-corrected chi connectivity index (χ3v) is 5.35. The zero-order chi connectivity index (χ0) is 19.6. The summed E-state index contributed by atoms with van der Waals surface area (Å²) in [5.41, 5.74) is 3.02. The van der Waals surface area contributed by atoms with E-state index in [2.05, 4.69) is 36.4 Å². The highest BCUT2D eigenvalue weighted by Crippen LogP contribution is 2.21. The van der Waals surface area contributed by atoms with Gasteiger partial charge in [0.25, 0.3) is 5.56 Å². The summed E-state index contributed by atoms with van der Waals surface area (Å²) in [7, 11) is 0. The van der Waals surface area contributed by atoms with Gasteiger partial charge in [-0.05, 0) is 34.0 Å². The summed E-state index contributed by atoms with van der Waals surface area (Å²) in [5, 5.41) is 3.05. The van der Waals surface area contributed by atoms with Crippen LogP contribution in [0.1, 0.15) is 17.0 Å². The number of nitrogens with zero attached hydrogens (tertiary/aromatic N) is 2. The van der Waals surface area contributed by atoms with Crippen LogP contribution in [-0.2, 0) is 13.0 Å². The van der Waals surface area contributed by atoms with Crippen molar-refractivity contribution >= 4 is 21.7 Å². The molecule has 0 aliphatic rings. The van der Waals surface area contributed by atoms with Gasteiger partial charge in [0.2, 0.25) is 0 Å². The van der Waals surface area contributed by atoms with Gasteiger partial charge in [-0.25, -0.2) is 4.98 Å². The summed E-state index contributed by atoms with van der Waals surface area (Å²) in [6, 6.07) is 32.3. The summed E-state index contributed by atoms with van der Waals surface area (Å²) >= 11 is 0. The van der Waals surface area contributed by atoms with Crippen molar-refractivity contribution in [2.24, 2.45) is 0 Å². The van der Waals surface area contributed by atoms with Crippen LogP contribution in [0.5, 0.6) is 0 Å². The van der Waals surface area contributed by atoms with Gasteiger partial charge in [0.1, 0.15) is 5.82 Å². The van der Waals surface area contributed by atoms with Gasteiger partial charge in [-0.1, -0.05) is 84.9 Å². The minimum absolute atomic E-state index is 0.00897. The van der Waals surface area contributed by atoms with Crippen LogP contribution in [0.3, 0.4) is 0 Å². The van der Waals surface area contributed by atoms with E-state index in [9.17, 15) is 4.79 Å². The van der Waals surface area contributed by atoms with Gasteiger partial charge < -0.3 is 0 Å². The first-order chi connectivity index (χ1) is 14.3. The lowest BCUT2D eigenvalue weighted by molar-refractivity contribution is 0.694. The van der Waals surface area contributed by atoms with Gasteiger partial charge in [-0.2, -0.15) is 0 Å². The van der Waals surface area contributed by atoms with Gasteiger partial charge >= 0.3 is 0 Å². The fraction of sp³-hybridized carbons (Fsp3) is 0.0769. The third kappa shape index (κ3) is 3.32. The van der Waals surface area contributed by atoms with Gasteiger partial charge in [0.05, 0.1) is 17.4 Å². The molecule has 0 fully saturated rings. The van der Waals surface area contributed by atoms with Crippen molar-refractivity contribution < 1.29 is 0 Å². The van der Waals surface area contributed by atoms with Crippen molar-refractivity contribution in [3.8, 4) is 0 Å². The second-order valence-corrected chi connectivity index (χ2v) is 7.24. The fourth-order valence-corrected chi connectivity index (χ4v) is 3.89. The summed E-state index contributed by atoms with van der Waals surface area (Å²) < 4.78 is 1.82. The minimum Gasteiger partial charge on any atom is -0.291 e. The lowest BCUT2D eigenvalue weighted by Gasteiger charge is -2.15. The molecular formula is C26H20N2O. The number of benzene rings is 4. The molecule has 3 nitrogen and oxygen atoms in total. The molecule has 0 aliphatic carbocycles. The molecule has 0 bridgehead atoms. The molecule has 29 heavy (non-hydrogen) atoms. The van der Waals surface area contributed by atoms with Crippen LogP contribution in [0, 0.1) is 0 Å². The molecule has 0 saturated heterocycles. The molecule has 0 spiro atoms. The molecule has 1 heterocycles. The first-order valence-corrected chi connectivity index (χ1v) is 9.78. The Morgan fingerprint density at radius 3 is 2.24 bits per heavy atom. The van der Waals surface area contributed by atoms with E-state index in [1.807, 2.05) is 65.2 Å². The van der Waals surface area contributed by atoms with Gasteiger partial charge in [0.15, 0.2) is 0 Å². The predicted octanol–water partition coefficient (Wildman–Crippen LogP) is 5.19. The van der Waals surface area contributed by atoms with Crippen LogP contribution in [-0.4, -0.2) is 9.55 Å². The number of hydrogen-bond donors (Lipinski definition) is 0. The molecule has 0 radical (unpaired) electrons. The fourth-order valence-electron chi connectivity index (χ4n) is 3.89. The highest BCUT2D eigenvalue weighted by atomic mass is 16.1. The SMILES string of the molecule is O=c1c2ccccc2nc(Cc2cccc3ccccc23)n1Cc1ccccc1. The monoisotopic (exact) mass is 376 g/mol. The molecule has 1 aromatic heterocycles. The van der Waals surface area contributed by atoms with E-state index in [0.29, 0.717) is 18.4 Å². The van der Waals surface area contributed by atoms with Gasteiger partial charge in [-0.3, -0.25) is 9.36 Å². The van der Waals surface area contributed by atoms with E-state index in [1.165, 1.54) is 16.3 Å². The molecule has 0 saturated carbocycles. The second-order valence-electron chi connectivity index (χ2n) is 7.24. The zero-order valence-electron chi connectivity index (χ0n) is 16.0. The zero-order valence-corrected chi connectivity index (χ0v) is 16.0. The smallest absolute Gasteiger partial charge is 0.261 e. The summed E-state index contributed by atoms with van der Waals surface area (Å²) in [5.74, 6) is 0.786. The molecule has 0 N–H and O–H groups in total. The maximum atomic E-state index is 13.3. The van der Waals surface area contributed by atoms with Crippen LogP contribution in [0.25, 0.3) is 21.7 Å². The van der Waals surface area contributed by atoms with E-state index in [-0.39, 0.29) is 5.56 Å². The highest BCUT2D eigenvalue weighted by Gasteiger charge is 2.13. The van der Waals surface area contributed by atoms with Gasteiger partial charge in [-0.15, -0.1) is 0 Å². The normalized spacial score (nSPS) is 11.2. The molecule has 5 rings (SSSR count). The van der Waals surface area contributed by atoms with E-state index in [0.717, 1.165) is 16.9 Å². The molecule has 0 aliphatic heterocycles. The van der Waals surface area contributed by atoms with Crippen LogP contribution in [0.15, 0.2) is 102 Å². The Balaban J connectivity index is 1.69. The summed E-state index contributed by atoms with van der Waals surface area (Å²) in [6.45, 7) is 0.512. The van der Waals surface area contributed by atoms with Crippen LogP contribution >= 0.6 is 0 Å². The Morgan fingerprint density at radius 1 is 0.690 bits per heavy atom. The third-order valence-electron chi connectivity index (χ3n) is 5.35. The largest absolute Gasteiger partial charge is 0.291 e. The molecule has 0 amide bonds. The van der Waals surface area contributed by atoms with Crippen LogP contribution < -0.4 is 5.56 Å². The van der Waals surface area contributed by atoms with E-state index in [4.69, 9.17) is 4.98 Å².